The molecule has 9 heteroatoms. The molecule has 0 radical (unpaired) electrons. The lowest BCUT2D eigenvalue weighted by Crippen LogP contribution is -2.42. The highest BCUT2D eigenvalue weighted by Crippen LogP contribution is 2.38. The van der Waals surface area contributed by atoms with E-state index in [2.05, 4.69) is 15.1 Å². The smallest absolute Gasteiger partial charge is 0.393 e. The number of rotatable bonds is 3. The Morgan fingerprint density at radius 2 is 1.93 bits per heavy atom. The molecule has 142 valence electrons. The number of hydrogen-bond acceptors (Lipinski definition) is 5. The van der Waals surface area contributed by atoms with Gasteiger partial charge in [-0.2, -0.15) is 27.8 Å². The minimum Gasteiger partial charge on any atom is -0.497 e. The van der Waals surface area contributed by atoms with Crippen LogP contribution in [-0.4, -0.2) is 46.0 Å². The molecule has 1 aliphatic heterocycles. The molecule has 1 fully saturated rings. The average Bonchev–Trinajstić information content (AvgIpc) is 3.15. The molecular weight excluding hydrogens is 359 g/mol. The van der Waals surface area contributed by atoms with Crippen LogP contribution in [0.2, 0.25) is 0 Å². The number of aromatic nitrogens is 4. The lowest BCUT2D eigenvalue weighted by atomic mass is 9.96. The summed E-state index contributed by atoms with van der Waals surface area (Å²) in [5.74, 6) is 0.278. The maximum Gasteiger partial charge on any atom is 0.393 e. The Balaban J connectivity index is 1.81. The third-order valence-electron chi connectivity index (χ3n) is 4.87. The van der Waals surface area contributed by atoms with Gasteiger partial charge in [-0.05, 0) is 30.5 Å². The monoisotopic (exact) mass is 377 g/mol. The summed E-state index contributed by atoms with van der Waals surface area (Å²) in [6.07, 6.45) is -0.616. The van der Waals surface area contributed by atoms with E-state index in [1.807, 2.05) is 12.1 Å². The highest BCUT2D eigenvalue weighted by atomic mass is 19.4. The maximum absolute atomic E-state index is 13.3. The molecule has 1 aliphatic rings. The SMILES string of the molecule is COc1ccc(-c2cnc3ncnn3c2N2CCC[C@H](C(F)(F)F)C2)cc1. The van der Waals surface area contributed by atoms with Crippen molar-refractivity contribution >= 4 is 11.6 Å². The molecular formula is C18H18F3N5O. The number of methoxy groups -OCH3 is 1. The van der Waals surface area contributed by atoms with Crippen molar-refractivity contribution in [1.29, 1.82) is 0 Å². The van der Waals surface area contributed by atoms with E-state index in [9.17, 15) is 13.2 Å². The molecule has 3 heterocycles. The van der Waals surface area contributed by atoms with Crippen molar-refractivity contribution in [3.8, 4) is 16.9 Å². The summed E-state index contributed by atoms with van der Waals surface area (Å²) in [5.41, 5.74) is 1.53. The van der Waals surface area contributed by atoms with Gasteiger partial charge in [-0.3, -0.25) is 0 Å². The van der Waals surface area contributed by atoms with Crippen LogP contribution < -0.4 is 9.64 Å². The third-order valence-corrected chi connectivity index (χ3v) is 4.87. The van der Waals surface area contributed by atoms with Crippen LogP contribution in [0.1, 0.15) is 12.8 Å². The van der Waals surface area contributed by atoms with Gasteiger partial charge in [0, 0.05) is 24.8 Å². The first-order valence-corrected chi connectivity index (χ1v) is 8.62. The van der Waals surface area contributed by atoms with E-state index in [1.165, 1.54) is 10.8 Å². The Bertz CT molecular complexity index is 938. The van der Waals surface area contributed by atoms with Crippen LogP contribution in [0.4, 0.5) is 19.0 Å². The fourth-order valence-electron chi connectivity index (χ4n) is 3.48. The molecule has 0 saturated carbocycles. The number of nitrogens with zero attached hydrogens (tertiary/aromatic N) is 5. The van der Waals surface area contributed by atoms with Crippen LogP contribution in [-0.2, 0) is 0 Å². The summed E-state index contributed by atoms with van der Waals surface area (Å²) < 4.78 is 46.6. The Morgan fingerprint density at radius 3 is 2.63 bits per heavy atom. The van der Waals surface area contributed by atoms with Gasteiger partial charge in [0.15, 0.2) is 0 Å². The fraction of sp³-hybridized carbons (Fsp3) is 0.389. The van der Waals surface area contributed by atoms with Crippen molar-refractivity contribution in [2.45, 2.75) is 19.0 Å². The van der Waals surface area contributed by atoms with Crippen molar-refractivity contribution in [3.05, 3.63) is 36.8 Å². The van der Waals surface area contributed by atoms with Crippen LogP contribution in [0.25, 0.3) is 16.9 Å². The highest BCUT2D eigenvalue weighted by Gasteiger charge is 2.42. The summed E-state index contributed by atoms with van der Waals surface area (Å²) in [7, 11) is 1.58. The van der Waals surface area contributed by atoms with E-state index < -0.39 is 12.1 Å². The molecule has 1 aromatic carbocycles. The Morgan fingerprint density at radius 1 is 1.15 bits per heavy atom. The van der Waals surface area contributed by atoms with Crippen LogP contribution in [0.5, 0.6) is 5.75 Å². The summed E-state index contributed by atoms with van der Waals surface area (Å²) in [6, 6.07) is 7.32. The molecule has 0 aliphatic carbocycles. The number of ether oxygens (including phenoxy) is 1. The van der Waals surface area contributed by atoms with E-state index in [1.54, 1.807) is 30.3 Å². The fourth-order valence-corrected chi connectivity index (χ4v) is 3.48. The minimum atomic E-state index is -4.21. The van der Waals surface area contributed by atoms with Crippen LogP contribution in [0.3, 0.4) is 0 Å². The zero-order valence-corrected chi connectivity index (χ0v) is 14.6. The van der Waals surface area contributed by atoms with Gasteiger partial charge in [-0.25, -0.2) is 4.98 Å². The first-order valence-electron chi connectivity index (χ1n) is 8.62. The molecule has 0 amide bonds. The lowest BCUT2D eigenvalue weighted by Gasteiger charge is -2.36. The molecule has 0 bridgehead atoms. The van der Waals surface area contributed by atoms with E-state index >= 15 is 0 Å². The van der Waals surface area contributed by atoms with Gasteiger partial charge in [0.05, 0.1) is 13.0 Å². The predicted molar refractivity (Wildman–Crippen MR) is 93.8 cm³/mol. The van der Waals surface area contributed by atoms with Gasteiger partial charge in [-0.15, -0.1) is 0 Å². The molecule has 4 rings (SSSR count). The Kier molecular flexibility index (Phi) is 4.37. The molecule has 27 heavy (non-hydrogen) atoms. The maximum atomic E-state index is 13.3. The van der Waals surface area contributed by atoms with Crippen LogP contribution >= 0.6 is 0 Å². The molecule has 0 N–H and O–H groups in total. The van der Waals surface area contributed by atoms with Gasteiger partial charge >= 0.3 is 6.18 Å². The first kappa shape index (κ1) is 17.6. The average molecular weight is 377 g/mol. The van der Waals surface area contributed by atoms with Gasteiger partial charge in [0.2, 0.25) is 0 Å². The quantitative estimate of drug-likeness (QED) is 0.698. The summed E-state index contributed by atoms with van der Waals surface area (Å²) >= 11 is 0. The predicted octanol–water partition coefficient (Wildman–Crippen LogP) is 3.58. The lowest BCUT2D eigenvalue weighted by molar-refractivity contribution is -0.176. The van der Waals surface area contributed by atoms with Crippen molar-refractivity contribution < 1.29 is 17.9 Å². The molecule has 1 atom stereocenters. The van der Waals surface area contributed by atoms with Crippen molar-refractivity contribution in [3.63, 3.8) is 0 Å². The number of halogens is 3. The minimum absolute atomic E-state index is 0.106. The number of alkyl halides is 3. The van der Waals surface area contributed by atoms with Crippen molar-refractivity contribution in [1.82, 2.24) is 19.6 Å². The summed E-state index contributed by atoms with van der Waals surface area (Å²) in [5, 5.41) is 4.20. The van der Waals surface area contributed by atoms with Gasteiger partial charge in [0.25, 0.3) is 5.78 Å². The second-order valence-corrected chi connectivity index (χ2v) is 6.52. The third kappa shape index (κ3) is 3.29. The number of hydrogen-bond donors (Lipinski definition) is 0. The normalized spacial score (nSPS) is 18.1. The molecule has 1 saturated heterocycles. The zero-order chi connectivity index (χ0) is 19.0. The van der Waals surface area contributed by atoms with Gasteiger partial charge in [0.1, 0.15) is 17.9 Å². The topological polar surface area (TPSA) is 55.6 Å². The van der Waals surface area contributed by atoms with E-state index in [-0.39, 0.29) is 13.0 Å². The molecule has 3 aromatic rings. The van der Waals surface area contributed by atoms with Crippen LogP contribution in [0, 0.1) is 5.92 Å². The summed E-state index contributed by atoms with van der Waals surface area (Å²) in [4.78, 5) is 10.1. The highest BCUT2D eigenvalue weighted by molar-refractivity contribution is 5.77. The van der Waals surface area contributed by atoms with E-state index in [0.717, 1.165) is 5.56 Å². The number of benzene rings is 1. The molecule has 2 aromatic heterocycles. The van der Waals surface area contributed by atoms with Crippen molar-refractivity contribution in [2.24, 2.45) is 5.92 Å². The Labute approximate surface area is 153 Å². The molecule has 0 spiro atoms. The second-order valence-electron chi connectivity index (χ2n) is 6.52. The Hall–Kier alpha value is -2.84. The number of anilines is 1. The molecule has 0 unspecified atom stereocenters. The standard InChI is InChI=1S/C18H18F3N5O/c1-27-14-6-4-12(5-7-14)15-9-22-17-23-11-24-26(17)16(15)25-8-2-3-13(10-25)18(19,20)21/h4-7,9,11,13H,2-3,8,10H2,1H3/t13-/m0/s1. The van der Waals surface area contributed by atoms with Crippen molar-refractivity contribution in [2.75, 3.05) is 25.1 Å². The number of piperidine rings is 1. The van der Waals surface area contributed by atoms with E-state index in [4.69, 9.17) is 4.74 Å². The van der Waals surface area contributed by atoms with Gasteiger partial charge < -0.3 is 9.64 Å². The molecule has 6 nitrogen and oxygen atoms in total. The van der Waals surface area contributed by atoms with Gasteiger partial charge in [-0.1, -0.05) is 12.1 Å². The zero-order valence-electron chi connectivity index (χ0n) is 14.6. The second kappa shape index (κ2) is 6.71. The van der Waals surface area contributed by atoms with Crippen LogP contribution in [0.15, 0.2) is 36.8 Å². The largest absolute Gasteiger partial charge is 0.497 e. The van der Waals surface area contributed by atoms with E-state index in [0.29, 0.717) is 35.9 Å². The first-order chi connectivity index (χ1) is 13.0. The summed E-state index contributed by atoms with van der Waals surface area (Å²) in [6.45, 7) is 0.417. The number of fused-ring (bicyclic) bond motifs is 1.